The molecule has 0 fully saturated rings. The van der Waals surface area contributed by atoms with Crippen LogP contribution in [0.3, 0.4) is 0 Å². The van der Waals surface area contributed by atoms with Crippen molar-refractivity contribution in [2.75, 3.05) is 0 Å². The second-order valence-corrected chi connectivity index (χ2v) is 2.86. The zero-order valence-corrected chi connectivity index (χ0v) is 7.13. The second-order valence-electron chi connectivity index (χ2n) is 2.86. The van der Waals surface area contributed by atoms with E-state index in [-0.39, 0.29) is 0 Å². The molecule has 1 rings (SSSR count). The van der Waals surface area contributed by atoms with E-state index >= 15 is 0 Å². The van der Waals surface area contributed by atoms with Crippen LogP contribution in [0.5, 0.6) is 0 Å². The van der Waals surface area contributed by atoms with Crippen molar-refractivity contribution in [3.8, 4) is 0 Å². The maximum absolute atomic E-state index is 5.41. The highest BCUT2D eigenvalue weighted by atomic mass is 16.3. The summed E-state index contributed by atoms with van der Waals surface area (Å²) in [4.78, 5) is 0. The third kappa shape index (κ3) is 1.84. The zero-order chi connectivity index (χ0) is 8.27. The highest BCUT2D eigenvalue weighted by molar-refractivity contribution is 5.16. The summed E-state index contributed by atoms with van der Waals surface area (Å²) in [7, 11) is 0. The van der Waals surface area contributed by atoms with Gasteiger partial charge in [-0.25, -0.2) is 0 Å². The number of furan rings is 1. The lowest BCUT2D eigenvalue weighted by Crippen LogP contribution is -1.93. The van der Waals surface area contributed by atoms with E-state index < -0.39 is 0 Å². The molecular weight excluding hydrogens is 138 g/mol. The van der Waals surface area contributed by atoms with E-state index in [0.29, 0.717) is 12.5 Å². The first kappa shape index (κ1) is 8.34. The molecule has 2 heteroatoms. The quantitative estimate of drug-likeness (QED) is 0.723. The molecule has 1 atom stereocenters. The molecule has 0 aliphatic carbocycles. The van der Waals surface area contributed by atoms with Crippen molar-refractivity contribution in [3.63, 3.8) is 0 Å². The van der Waals surface area contributed by atoms with Crippen LogP contribution in [0.2, 0.25) is 0 Å². The van der Waals surface area contributed by atoms with Crippen molar-refractivity contribution in [1.29, 1.82) is 0 Å². The van der Waals surface area contributed by atoms with Crippen LogP contribution in [0.4, 0.5) is 0 Å². The van der Waals surface area contributed by atoms with Gasteiger partial charge in [-0.1, -0.05) is 13.8 Å². The largest absolute Gasteiger partial charge is 0.468 e. The SMILES string of the molecule is CCC(C)c1coc(CN)c1. The van der Waals surface area contributed by atoms with Gasteiger partial charge in [0.25, 0.3) is 0 Å². The summed E-state index contributed by atoms with van der Waals surface area (Å²) < 4.78 is 5.21. The molecule has 0 aromatic carbocycles. The Morgan fingerprint density at radius 1 is 1.64 bits per heavy atom. The van der Waals surface area contributed by atoms with Crippen LogP contribution in [0, 0.1) is 0 Å². The number of nitrogens with two attached hydrogens (primary N) is 1. The van der Waals surface area contributed by atoms with E-state index in [4.69, 9.17) is 10.2 Å². The highest BCUT2D eigenvalue weighted by Gasteiger charge is 2.05. The first-order chi connectivity index (χ1) is 5.27. The second kappa shape index (κ2) is 3.58. The van der Waals surface area contributed by atoms with Crippen molar-refractivity contribution in [2.24, 2.45) is 5.73 Å². The Balaban J connectivity index is 2.71. The lowest BCUT2D eigenvalue weighted by Gasteiger charge is -2.01. The summed E-state index contributed by atoms with van der Waals surface area (Å²) in [6.45, 7) is 4.85. The van der Waals surface area contributed by atoms with E-state index in [2.05, 4.69) is 13.8 Å². The average Bonchev–Trinajstić information content (AvgIpc) is 2.50. The summed E-state index contributed by atoms with van der Waals surface area (Å²) >= 11 is 0. The molecular formula is C9H15NO. The predicted octanol–water partition coefficient (Wildman–Crippen LogP) is 2.25. The van der Waals surface area contributed by atoms with Crippen LogP contribution < -0.4 is 5.73 Å². The Labute approximate surface area is 67.4 Å². The lowest BCUT2D eigenvalue weighted by atomic mass is 10.0. The van der Waals surface area contributed by atoms with Crippen LogP contribution in [0.15, 0.2) is 16.7 Å². The molecule has 2 N–H and O–H groups in total. The molecule has 0 aliphatic rings. The van der Waals surface area contributed by atoms with E-state index in [1.807, 2.05) is 6.07 Å². The third-order valence-electron chi connectivity index (χ3n) is 2.06. The van der Waals surface area contributed by atoms with Gasteiger partial charge in [-0.05, 0) is 24.0 Å². The standard InChI is InChI=1S/C9H15NO/c1-3-7(2)8-4-9(5-10)11-6-8/h4,6-7H,3,5,10H2,1-2H3. The first-order valence-corrected chi connectivity index (χ1v) is 4.05. The summed E-state index contributed by atoms with van der Waals surface area (Å²) in [5, 5.41) is 0. The summed E-state index contributed by atoms with van der Waals surface area (Å²) in [5.74, 6) is 1.46. The Morgan fingerprint density at radius 3 is 2.82 bits per heavy atom. The van der Waals surface area contributed by atoms with E-state index in [1.165, 1.54) is 5.56 Å². The van der Waals surface area contributed by atoms with Gasteiger partial charge in [0, 0.05) is 0 Å². The molecule has 0 saturated heterocycles. The molecule has 0 spiro atoms. The van der Waals surface area contributed by atoms with Crippen molar-refractivity contribution in [3.05, 3.63) is 23.7 Å². The van der Waals surface area contributed by atoms with E-state index in [9.17, 15) is 0 Å². The number of hydrogen-bond donors (Lipinski definition) is 1. The van der Waals surface area contributed by atoms with Crippen LogP contribution in [-0.4, -0.2) is 0 Å². The molecule has 62 valence electrons. The lowest BCUT2D eigenvalue weighted by molar-refractivity contribution is 0.508. The van der Waals surface area contributed by atoms with Gasteiger partial charge in [-0.2, -0.15) is 0 Å². The smallest absolute Gasteiger partial charge is 0.117 e. The molecule has 1 heterocycles. The molecule has 1 unspecified atom stereocenters. The van der Waals surface area contributed by atoms with Gasteiger partial charge in [0.05, 0.1) is 12.8 Å². The first-order valence-electron chi connectivity index (χ1n) is 4.05. The van der Waals surface area contributed by atoms with Gasteiger partial charge in [0.15, 0.2) is 0 Å². The number of hydrogen-bond acceptors (Lipinski definition) is 2. The van der Waals surface area contributed by atoms with E-state index in [1.54, 1.807) is 6.26 Å². The fourth-order valence-corrected chi connectivity index (χ4v) is 0.999. The maximum atomic E-state index is 5.41. The summed E-state index contributed by atoms with van der Waals surface area (Å²) in [5.41, 5.74) is 6.67. The topological polar surface area (TPSA) is 39.2 Å². The van der Waals surface area contributed by atoms with Gasteiger partial charge in [-0.3, -0.25) is 0 Å². The molecule has 1 aromatic rings. The summed E-state index contributed by atoms with van der Waals surface area (Å²) in [6, 6.07) is 2.04. The Morgan fingerprint density at radius 2 is 2.36 bits per heavy atom. The summed E-state index contributed by atoms with van der Waals surface area (Å²) in [6.07, 6.45) is 2.94. The number of rotatable bonds is 3. The molecule has 1 aromatic heterocycles. The van der Waals surface area contributed by atoms with Gasteiger partial charge < -0.3 is 10.2 Å². The van der Waals surface area contributed by atoms with Crippen LogP contribution in [-0.2, 0) is 6.54 Å². The highest BCUT2D eigenvalue weighted by Crippen LogP contribution is 2.20. The van der Waals surface area contributed by atoms with Crippen LogP contribution >= 0.6 is 0 Å². The molecule has 0 radical (unpaired) electrons. The van der Waals surface area contributed by atoms with Crippen LogP contribution in [0.1, 0.15) is 37.5 Å². The van der Waals surface area contributed by atoms with Crippen molar-refractivity contribution >= 4 is 0 Å². The molecule has 0 bridgehead atoms. The van der Waals surface area contributed by atoms with Gasteiger partial charge >= 0.3 is 0 Å². The monoisotopic (exact) mass is 153 g/mol. The molecule has 0 amide bonds. The fourth-order valence-electron chi connectivity index (χ4n) is 0.999. The Hall–Kier alpha value is -0.760. The van der Waals surface area contributed by atoms with Crippen molar-refractivity contribution < 1.29 is 4.42 Å². The maximum Gasteiger partial charge on any atom is 0.117 e. The van der Waals surface area contributed by atoms with Gasteiger partial charge in [0.2, 0.25) is 0 Å². The van der Waals surface area contributed by atoms with Crippen molar-refractivity contribution in [1.82, 2.24) is 0 Å². The Kier molecular flexibility index (Phi) is 2.71. The van der Waals surface area contributed by atoms with Crippen LogP contribution in [0.25, 0.3) is 0 Å². The zero-order valence-electron chi connectivity index (χ0n) is 7.13. The minimum absolute atomic E-state index is 0.496. The molecule has 0 saturated carbocycles. The average molecular weight is 153 g/mol. The van der Waals surface area contributed by atoms with E-state index in [0.717, 1.165) is 12.2 Å². The fraction of sp³-hybridized carbons (Fsp3) is 0.556. The van der Waals surface area contributed by atoms with Crippen molar-refractivity contribution in [2.45, 2.75) is 32.7 Å². The Bertz CT molecular complexity index is 217. The van der Waals surface area contributed by atoms with Gasteiger partial charge in [-0.15, -0.1) is 0 Å². The van der Waals surface area contributed by atoms with Gasteiger partial charge in [0.1, 0.15) is 5.76 Å². The molecule has 2 nitrogen and oxygen atoms in total. The normalized spacial score (nSPS) is 13.4. The minimum atomic E-state index is 0.496. The predicted molar refractivity (Wildman–Crippen MR) is 45.3 cm³/mol. The third-order valence-corrected chi connectivity index (χ3v) is 2.06. The molecule has 0 aliphatic heterocycles. The minimum Gasteiger partial charge on any atom is -0.468 e. The molecule has 11 heavy (non-hydrogen) atoms.